The van der Waals surface area contributed by atoms with Crippen LogP contribution >= 0.6 is 0 Å². The molecule has 2 aromatic heterocycles. The van der Waals surface area contributed by atoms with Gasteiger partial charge in [-0.15, -0.1) is 0 Å². The SMILES string of the molecule is CCC(CC)c1cc(C(=O)Nc2ccc(-c3n[nH]c(CN)n3)cc2)on1. The van der Waals surface area contributed by atoms with E-state index >= 15 is 0 Å². The molecule has 3 rings (SSSR count). The summed E-state index contributed by atoms with van der Waals surface area (Å²) in [5.41, 5.74) is 7.81. The number of nitrogens with zero attached hydrogens (tertiary/aromatic N) is 3. The molecule has 0 fully saturated rings. The highest BCUT2D eigenvalue weighted by atomic mass is 16.5. The topological polar surface area (TPSA) is 123 Å². The summed E-state index contributed by atoms with van der Waals surface area (Å²) in [5.74, 6) is 1.37. The number of aromatic amines is 1. The molecule has 0 aliphatic heterocycles. The summed E-state index contributed by atoms with van der Waals surface area (Å²) in [6, 6.07) is 8.93. The average Bonchev–Trinajstić information content (AvgIpc) is 3.33. The Balaban J connectivity index is 1.68. The molecule has 0 aliphatic carbocycles. The Morgan fingerprint density at radius 1 is 1.27 bits per heavy atom. The minimum absolute atomic E-state index is 0.206. The van der Waals surface area contributed by atoms with Crippen LogP contribution < -0.4 is 11.1 Å². The Morgan fingerprint density at radius 3 is 2.62 bits per heavy atom. The van der Waals surface area contributed by atoms with Crippen LogP contribution in [0.25, 0.3) is 11.4 Å². The molecule has 4 N–H and O–H groups in total. The van der Waals surface area contributed by atoms with Crippen LogP contribution in [0.1, 0.15) is 54.7 Å². The van der Waals surface area contributed by atoms with Crippen LogP contribution in [0, 0.1) is 0 Å². The number of carbonyl (C=O) groups is 1. The average molecular weight is 354 g/mol. The minimum Gasteiger partial charge on any atom is -0.351 e. The fourth-order valence-electron chi connectivity index (χ4n) is 2.71. The van der Waals surface area contributed by atoms with Crippen molar-refractivity contribution in [1.29, 1.82) is 0 Å². The van der Waals surface area contributed by atoms with Crippen LogP contribution in [0.3, 0.4) is 0 Å². The number of anilines is 1. The van der Waals surface area contributed by atoms with Gasteiger partial charge in [0, 0.05) is 23.2 Å². The molecular weight excluding hydrogens is 332 g/mol. The molecule has 1 amide bonds. The van der Waals surface area contributed by atoms with Gasteiger partial charge in [0.25, 0.3) is 5.91 Å². The normalized spacial score (nSPS) is 11.1. The van der Waals surface area contributed by atoms with Gasteiger partial charge in [-0.2, -0.15) is 5.10 Å². The van der Waals surface area contributed by atoms with Gasteiger partial charge in [-0.3, -0.25) is 9.89 Å². The first-order valence-corrected chi connectivity index (χ1v) is 8.64. The molecule has 3 aromatic rings. The lowest BCUT2D eigenvalue weighted by Crippen LogP contribution is -2.10. The number of nitrogens with one attached hydrogen (secondary N) is 2. The maximum atomic E-state index is 12.3. The van der Waals surface area contributed by atoms with Gasteiger partial charge < -0.3 is 15.6 Å². The molecule has 136 valence electrons. The van der Waals surface area contributed by atoms with Crippen LogP contribution in [0.15, 0.2) is 34.9 Å². The predicted octanol–water partition coefficient (Wildman–Crippen LogP) is 3.07. The first-order chi connectivity index (χ1) is 12.6. The highest BCUT2D eigenvalue weighted by molar-refractivity contribution is 6.02. The van der Waals surface area contributed by atoms with Gasteiger partial charge in [-0.1, -0.05) is 19.0 Å². The van der Waals surface area contributed by atoms with E-state index < -0.39 is 0 Å². The molecule has 26 heavy (non-hydrogen) atoms. The molecule has 2 heterocycles. The summed E-state index contributed by atoms with van der Waals surface area (Å²) in [4.78, 5) is 16.6. The van der Waals surface area contributed by atoms with Crippen molar-refractivity contribution in [2.24, 2.45) is 5.73 Å². The van der Waals surface area contributed by atoms with Gasteiger partial charge >= 0.3 is 0 Å². The smallest absolute Gasteiger partial charge is 0.294 e. The summed E-state index contributed by atoms with van der Waals surface area (Å²) in [7, 11) is 0. The number of hydrogen-bond acceptors (Lipinski definition) is 6. The minimum atomic E-state index is -0.328. The Hall–Kier alpha value is -3.00. The van der Waals surface area contributed by atoms with E-state index in [1.165, 1.54) is 0 Å². The number of nitrogens with two attached hydrogens (primary N) is 1. The first-order valence-electron chi connectivity index (χ1n) is 8.64. The largest absolute Gasteiger partial charge is 0.351 e. The molecule has 0 bridgehead atoms. The molecule has 0 radical (unpaired) electrons. The van der Waals surface area contributed by atoms with Crippen LogP contribution in [-0.4, -0.2) is 26.2 Å². The van der Waals surface area contributed by atoms with Crippen molar-refractivity contribution in [3.8, 4) is 11.4 Å². The Kier molecular flexibility index (Phi) is 5.43. The quantitative estimate of drug-likeness (QED) is 0.599. The molecule has 8 heteroatoms. The maximum Gasteiger partial charge on any atom is 0.294 e. The number of benzene rings is 1. The van der Waals surface area contributed by atoms with Crippen LogP contribution in [0.2, 0.25) is 0 Å². The molecule has 0 saturated carbocycles. The van der Waals surface area contributed by atoms with Gasteiger partial charge in [-0.05, 0) is 37.1 Å². The van der Waals surface area contributed by atoms with Gasteiger partial charge in [-0.25, -0.2) is 4.98 Å². The number of rotatable bonds is 7. The van der Waals surface area contributed by atoms with E-state index in [1.54, 1.807) is 18.2 Å². The summed E-state index contributed by atoms with van der Waals surface area (Å²) in [6.45, 7) is 4.49. The fraction of sp³-hybridized carbons (Fsp3) is 0.333. The van der Waals surface area contributed by atoms with Crippen molar-refractivity contribution < 1.29 is 9.32 Å². The number of H-pyrrole nitrogens is 1. The van der Waals surface area contributed by atoms with E-state index in [0.717, 1.165) is 24.1 Å². The van der Waals surface area contributed by atoms with Gasteiger partial charge in [0.05, 0.1) is 12.2 Å². The summed E-state index contributed by atoms with van der Waals surface area (Å²) in [6.07, 6.45) is 1.91. The second-order valence-corrected chi connectivity index (χ2v) is 5.97. The van der Waals surface area contributed by atoms with Crippen molar-refractivity contribution >= 4 is 11.6 Å². The lowest BCUT2D eigenvalue weighted by Gasteiger charge is -2.06. The molecule has 0 saturated heterocycles. The molecule has 0 atom stereocenters. The lowest BCUT2D eigenvalue weighted by atomic mass is 9.99. The van der Waals surface area contributed by atoms with Crippen molar-refractivity contribution in [2.75, 3.05) is 5.32 Å². The zero-order valence-electron chi connectivity index (χ0n) is 14.8. The molecule has 0 aliphatic rings. The molecule has 0 unspecified atom stereocenters. The third-order valence-corrected chi connectivity index (χ3v) is 4.28. The maximum absolute atomic E-state index is 12.3. The van der Waals surface area contributed by atoms with Gasteiger partial charge in [0.15, 0.2) is 5.82 Å². The molecule has 8 nitrogen and oxygen atoms in total. The lowest BCUT2D eigenvalue weighted by molar-refractivity contribution is 0.0988. The second-order valence-electron chi connectivity index (χ2n) is 5.97. The van der Waals surface area contributed by atoms with Crippen molar-refractivity contribution in [1.82, 2.24) is 20.3 Å². The summed E-state index contributed by atoms with van der Waals surface area (Å²) >= 11 is 0. The monoisotopic (exact) mass is 354 g/mol. The van der Waals surface area contributed by atoms with Crippen LogP contribution in [0.5, 0.6) is 0 Å². The Bertz CT molecular complexity index is 864. The molecule has 0 spiro atoms. The van der Waals surface area contributed by atoms with Crippen molar-refractivity contribution in [2.45, 2.75) is 39.2 Å². The third kappa shape index (κ3) is 3.80. The number of amides is 1. The van der Waals surface area contributed by atoms with E-state index in [0.29, 0.717) is 29.8 Å². The zero-order valence-corrected chi connectivity index (χ0v) is 14.8. The van der Waals surface area contributed by atoms with E-state index in [1.807, 2.05) is 12.1 Å². The van der Waals surface area contributed by atoms with Gasteiger partial charge in [0.1, 0.15) is 5.82 Å². The van der Waals surface area contributed by atoms with Crippen molar-refractivity contribution in [3.63, 3.8) is 0 Å². The number of hydrogen-bond donors (Lipinski definition) is 3. The van der Waals surface area contributed by atoms with E-state index in [9.17, 15) is 4.79 Å². The van der Waals surface area contributed by atoms with E-state index in [4.69, 9.17) is 10.3 Å². The van der Waals surface area contributed by atoms with Crippen molar-refractivity contribution in [3.05, 3.63) is 47.6 Å². The molecule has 1 aromatic carbocycles. The molecular formula is C18H22N6O2. The number of aromatic nitrogens is 4. The standard InChI is InChI=1S/C18H22N6O2/c1-3-11(4-2)14-9-15(26-24-14)18(25)20-13-7-5-12(6-8-13)17-21-16(10-19)22-23-17/h5-9,11H,3-4,10,19H2,1-2H3,(H,20,25)(H,21,22,23). The zero-order chi connectivity index (χ0) is 18.5. The van der Waals surface area contributed by atoms with Crippen LogP contribution in [0.4, 0.5) is 5.69 Å². The van der Waals surface area contributed by atoms with Gasteiger partial charge in [0.2, 0.25) is 5.76 Å². The summed E-state index contributed by atoms with van der Waals surface area (Å²) < 4.78 is 5.19. The van der Waals surface area contributed by atoms with E-state index in [2.05, 4.69) is 39.5 Å². The highest BCUT2D eigenvalue weighted by Crippen LogP contribution is 2.23. The Labute approximate surface area is 151 Å². The fourth-order valence-corrected chi connectivity index (χ4v) is 2.71. The van der Waals surface area contributed by atoms with E-state index in [-0.39, 0.29) is 11.7 Å². The first kappa shape index (κ1) is 17.8. The van der Waals surface area contributed by atoms with Crippen LogP contribution in [-0.2, 0) is 6.54 Å². The second kappa shape index (κ2) is 7.92. The summed E-state index contributed by atoms with van der Waals surface area (Å²) in [5, 5.41) is 13.7. The predicted molar refractivity (Wildman–Crippen MR) is 97.5 cm³/mol. The third-order valence-electron chi connectivity index (χ3n) is 4.28. The number of carbonyl (C=O) groups excluding carboxylic acids is 1. The highest BCUT2D eigenvalue weighted by Gasteiger charge is 2.17. The Morgan fingerprint density at radius 2 is 2.00 bits per heavy atom.